The molecule has 0 spiro atoms. The zero-order valence-corrected chi connectivity index (χ0v) is 11.6. The first kappa shape index (κ1) is 13.9. The van der Waals surface area contributed by atoms with Gasteiger partial charge in [-0.3, -0.25) is 4.79 Å². The van der Waals surface area contributed by atoms with Gasteiger partial charge in [-0.05, 0) is 43.0 Å². The summed E-state index contributed by atoms with van der Waals surface area (Å²) in [5.74, 6) is 0.213. The topological polar surface area (TPSA) is 52.6 Å². The number of nitrogens with one attached hydrogen (secondary N) is 1. The summed E-state index contributed by atoms with van der Waals surface area (Å²) in [4.78, 5) is 14.0. The van der Waals surface area contributed by atoms with Gasteiger partial charge in [0.1, 0.15) is 0 Å². The van der Waals surface area contributed by atoms with Gasteiger partial charge < -0.3 is 15.3 Å². The van der Waals surface area contributed by atoms with Crippen LogP contribution in [0.15, 0.2) is 18.2 Å². The summed E-state index contributed by atoms with van der Waals surface area (Å²) in [6, 6.07) is 6.09. The zero-order valence-electron chi connectivity index (χ0n) is 11.6. The number of nitrogens with zero attached hydrogens (tertiary/aromatic N) is 1. The molecule has 1 aliphatic heterocycles. The first-order valence-electron chi connectivity index (χ1n) is 6.82. The maximum Gasteiger partial charge on any atom is 0.224 e. The van der Waals surface area contributed by atoms with Crippen LogP contribution in [-0.4, -0.2) is 31.2 Å². The molecule has 4 heteroatoms. The van der Waals surface area contributed by atoms with Crippen molar-refractivity contribution >= 4 is 11.6 Å². The number of carbonyl (C=O) groups is 1. The summed E-state index contributed by atoms with van der Waals surface area (Å²) in [5, 5.41) is 11.9. The molecular formula is C15H22N2O2. The molecule has 2 rings (SSSR count). The molecular weight excluding hydrogens is 240 g/mol. The lowest BCUT2D eigenvalue weighted by Gasteiger charge is -2.33. The molecule has 1 amide bonds. The number of hydrogen-bond donors (Lipinski definition) is 2. The number of piperidine rings is 1. The second kappa shape index (κ2) is 6.06. The van der Waals surface area contributed by atoms with Crippen molar-refractivity contribution in [3.05, 3.63) is 29.3 Å². The minimum Gasteiger partial charge on any atom is -0.392 e. The van der Waals surface area contributed by atoms with E-state index in [9.17, 15) is 9.90 Å². The number of amides is 1. The third kappa shape index (κ3) is 3.07. The van der Waals surface area contributed by atoms with Crippen LogP contribution in [0.1, 0.15) is 24.0 Å². The Hall–Kier alpha value is -1.55. The lowest BCUT2D eigenvalue weighted by atomic mass is 9.96. The quantitative estimate of drug-likeness (QED) is 0.867. The SMILES string of the molecule is CNC(=O)C1CCCN(c2ccc(CO)c(C)c2)C1. The van der Waals surface area contributed by atoms with Crippen LogP contribution in [0.25, 0.3) is 0 Å². The average Bonchev–Trinajstić information content (AvgIpc) is 2.46. The first-order valence-corrected chi connectivity index (χ1v) is 6.82. The number of anilines is 1. The van der Waals surface area contributed by atoms with E-state index in [1.54, 1.807) is 7.05 Å². The Morgan fingerprint density at radius 1 is 1.53 bits per heavy atom. The van der Waals surface area contributed by atoms with Crippen LogP contribution in [0.2, 0.25) is 0 Å². The number of carbonyl (C=O) groups excluding carboxylic acids is 1. The third-order valence-electron chi connectivity index (χ3n) is 3.90. The van der Waals surface area contributed by atoms with Crippen molar-refractivity contribution in [3.63, 3.8) is 0 Å². The van der Waals surface area contributed by atoms with Crippen LogP contribution in [-0.2, 0) is 11.4 Å². The largest absolute Gasteiger partial charge is 0.392 e. The summed E-state index contributed by atoms with van der Waals surface area (Å²) < 4.78 is 0. The van der Waals surface area contributed by atoms with Crippen LogP contribution in [0.3, 0.4) is 0 Å². The molecule has 1 saturated heterocycles. The molecule has 0 saturated carbocycles. The Kier molecular flexibility index (Phi) is 4.43. The van der Waals surface area contributed by atoms with Gasteiger partial charge in [-0.15, -0.1) is 0 Å². The fourth-order valence-electron chi connectivity index (χ4n) is 2.68. The summed E-state index contributed by atoms with van der Waals surface area (Å²) in [5.41, 5.74) is 3.20. The van der Waals surface area contributed by atoms with Crippen molar-refractivity contribution in [1.82, 2.24) is 5.32 Å². The highest BCUT2D eigenvalue weighted by atomic mass is 16.3. The van der Waals surface area contributed by atoms with Crippen LogP contribution in [0, 0.1) is 12.8 Å². The van der Waals surface area contributed by atoms with Crippen LogP contribution >= 0.6 is 0 Å². The monoisotopic (exact) mass is 262 g/mol. The van der Waals surface area contributed by atoms with E-state index < -0.39 is 0 Å². The molecule has 104 valence electrons. The molecule has 1 aromatic carbocycles. The molecule has 1 aromatic rings. The van der Waals surface area contributed by atoms with Gasteiger partial charge in [0.25, 0.3) is 0 Å². The minimum absolute atomic E-state index is 0.0764. The van der Waals surface area contributed by atoms with Gasteiger partial charge in [0.2, 0.25) is 5.91 Å². The fourth-order valence-corrected chi connectivity index (χ4v) is 2.68. The highest BCUT2D eigenvalue weighted by Gasteiger charge is 2.25. The predicted octanol–water partition coefficient (Wildman–Crippen LogP) is 1.45. The molecule has 1 aliphatic rings. The van der Waals surface area contributed by atoms with Gasteiger partial charge in [0, 0.05) is 25.8 Å². The van der Waals surface area contributed by atoms with Gasteiger partial charge in [-0.2, -0.15) is 0 Å². The van der Waals surface area contributed by atoms with E-state index in [4.69, 9.17) is 0 Å². The summed E-state index contributed by atoms with van der Waals surface area (Å²) in [6.07, 6.45) is 2.00. The van der Waals surface area contributed by atoms with Crippen molar-refractivity contribution in [2.75, 3.05) is 25.0 Å². The van der Waals surface area contributed by atoms with E-state index in [1.807, 2.05) is 19.1 Å². The predicted molar refractivity (Wildman–Crippen MR) is 76.1 cm³/mol. The lowest BCUT2D eigenvalue weighted by molar-refractivity contribution is -0.124. The van der Waals surface area contributed by atoms with E-state index in [0.29, 0.717) is 0 Å². The van der Waals surface area contributed by atoms with Gasteiger partial charge in [-0.1, -0.05) is 6.07 Å². The number of aliphatic hydroxyl groups is 1. The fraction of sp³-hybridized carbons (Fsp3) is 0.533. The second-order valence-electron chi connectivity index (χ2n) is 5.17. The second-order valence-corrected chi connectivity index (χ2v) is 5.17. The molecule has 4 nitrogen and oxygen atoms in total. The molecule has 2 N–H and O–H groups in total. The standard InChI is InChI=1S/C15H22N2O2/c1-11-8-14(6-5-13(11)10-18)17-7-3-4-12(9-17)15(19)16-2/h5-6,8,12,18H,3-4,7,9-10H2,1-2H3,(H,16,19). The number of benzene rings is 1. The number of rotatable bonds is 3. The summed E-state index contributed by atoms with van der Waals surface area (Å²) >= 11 is 0. The van der Waals surface area contributed by atoms with Gasteiger partial charge >= 0.3 is 0 Å². The molecule has 0 aromatic heterocycles. The summed E-state index contributed by atoms with van der Waals surface area (Å²) in [6.45, 7) is 3.85. The third-order valence-corrected chi connectivity index (χ3v) is 3.90. The molecule has 1 atom stereocenters. The Labute approximate surface area is 114 Å². The lowest BCUT2D eigenvalue weighted by Crippen LogP contribution is -2.42. The zero-order chi connectivity index (χ0) is 13.8. The van der Waals surface area contributed by atoms with E-state index >= 15 is 0 Å². The van der Waals surface area contributed by atoms with E-state index in [0.717, 1.165) is 42.7 Å². The average molecular weight is 262 g/mol. The smallest absolute Gasteiger partial charge is 0.224 e. The Balaban J connectivity index is 2.13. The number of hydrogen-bond acceptors (Lipinski definition) is 3. The van der Waals surface area contributed by atoms with Gasteiger partial charge in [0.05, 0.1) is 12.5 Å². The highest BCUT2D eigenvalue weighted by Crippen LogP contribution is 2.25. The molecule has 0 bridgehead atoms. The minimum atomic E-state index is 0.0764. The van der Waals surface area contributed by atoms with Crippen molar-refractivity contribution in [1.29, 1.82) is 0 Å². The summed E-state index contributed by atoms with van der Waals surface area (Å²) in [7, 11) is 1.70. The number of aliphatic hydroxyl groups excluding tert-OH is 1. The van der Waals surface area contributed by atoms with Gasteiger partial charge in [-0.25, -0.2) is 0 Å². The van der Waals surface area contributed by atoms with Crippen molar-refractivity contribution in [3.8, 4) is 0 Å². The highest BCUT2D eigenvalue weighted by molar-refractivity contribution is 5.79. The molecule has 1 fully saturated rings. The van der Waals surface area contributed by atoms with E-state index in [1.165, 1.54) is 0 Å². The van der Waals surface area contributed by atoms with E-state index in [-0.39, 0.29) is 18.4 Å². The van der Waals surface area contributed by atoms with E-state index in [2.05, 4.69) is 16.3 Å². The van der Waals surface area contributed by atoms with Crippen LogP contribution < -0.4 is 10.2 Å². The number of aryl methyl sites for hydroxylation is 1. The van der Waals surface area contributed by atoms with Crippen molar-refractivity contribution < 1.29 is 9.90 Å². The Morgan fingerprint density at radius 2 is 2.32 bits per heavy atom. The molecule has 0 radical (unpaired) electrons. The van der Waals surface area contributed by atoms with Crippen molar-refractivity contribution in [2.45, 2.75) is 26.4 Å². The molecule has 0 aliphatic carbocycles. The molecule has 1 unspecified atom stereocenters. The van der Waals surface area contributed by atoms with Crippen LogP contribution in [0.5, 0.6) is 0 Å². The first-order chi connectivity index (χ1) is 9.15. The molecule has 19 heavy (non-hydrogen) atoms. The molecule has 1 heterocycles. The van der Waals surface area contributed by atoms with Gasteiger partial charge in [0.15, 0.2) is 0 Å². The van der Waals surface area contributed by atoms with Crippen molar-refractivity contribution in [2.24, 2.45) is 5.92 Å². The maximum atomic E-state index is 11.7. The normalized spacial score (nSPS) is 19.3. The maximum absolute atomic E-state index is 11.7. The Morgan fingerprint density at radius 3 is 2.95 bits per heavy atom. The Bertz CT molecular complexity index is 459. The van der Waals surface area contributed by atoms with Crippen LogP contribution in [0.4, 0.5) is 5.69 Å².